The number of benzene rings is 2. The zero-order chi connectivity index (χ0) is 16.4. The molecule has 0 aliphatic carbocycles. The summed E-state index contributed by atoms with van der Waals surface area (Å²) in [6.07, 6.45) is 0. The highest BCUT2D eigenvalue weighted by atomic mass is 16.1. The number of ketones is 1. The van der Waals surface area contributed by atoms with Crippen LogP contribution >= 0.6 is 0 Å². The molecular formula is C19H15N3O. The second-order valence-corrected chi connectivity index (χ2v) is 5.31. The van der Waals surface area contributed by atoms with Gasteiger partial charge in [0.05, 0.1) is 34.3 Å². The molecule has 0 saturated heterocycles. The van der Waals surface area contributed by atoms with Crippen molar-refractivity contribution in [3.63, 3.8) is 0 Å². The lowest BCUT2D eigenvalue weighted by molar-refractivity contribution is 0.103. The van der Waals surface area contributed by atoms with Crippen molar-refractivity contribution >= 4 is 5.78 Å². The molecule has 1 aromatic heterocycles. The fraction of sp³-hybridized carbons (Fsp3) is 0.105. The molecule has 3 aromatic rings. The Balaban J connectivity index is 2.06. The molecule has 0 unspecified atom stereocenters. The maximum atomic E-state index is 12.7. The van der Waals surface area contributed by atoms with Crippen molar-refractivity contribution in [3.05, 3.63) is 82.7 Å². The van der Waals surface area contributed by atoms with Crippen LogP contribution in [-0.2, 0) is 0 Å². The molecule has 0 fully saturated rings. The van der Waals surface area contributed by atoms with Crippen molar-refractivity contribution in [2.45, 2.75) is 13.8 Å². The normalized spacial score (nSPS) is 10.3. The van der Waals surface area contributed by atoms with Gasteiger partial charge in [0.25, 0.3) is 0 Å². The third-order valence-corrected chi connectivity index (χ3v) is 3.80. The van der Waals surface area contributed by atoms with Gasteiger partial charge >= 0.3 is 0 Å². The summed E-state index contributed by atoms with van der Waals surface area (Å²) in [6.45, 7) is 3.72. The molecule has 4 heteroatoms. The molecule has 112 valence electrons. The van der Waals surface area contributed by atoms with Gasteiger partial charge in [0.1, 0.15) is 0 Å². The standard InChI is InChI=1S/C19H15N3O/c1-13-18(19(23)16-6-4-3-5-7-16)14(2)22(21-13)17-10-8-15(12-20)9-11-17/h3-11H,1-2H3. The number of rotatable bonds is 3. The Labute approximate surface area is 134 Å². The first kappa shape index (κ1) is 14.7. The second kappa shape index (κ2) is 5.90. The van der Waals surface area contributed by atoms with E-state index >= 15 is 0 Å². The average molecular weight is 301 g/mol. The highest BCUT2D eigenvalue weighted by molar-refractivity contribution is 6.10. The van der Waals surface area contributed by atoms with Gasteiger partial charge in [-0.3, -0.25) is 4.79 Å². The molecule has 2 aromatic carbocycles. The Bertz CT molecular complexity index is 900. The van der Waals surface area contributed by atoms with Gasteiger partial charge in [-0.15, -0.1) is 0 Å². The predicted molar refractivity (Wildman–Crippen MR) is 87.6 cm³/mol. The highest BCUT2D eigenvalue weighted by Crippen LogP contribution is 2.21. The van der Waals surface area contributed by atoms with E-state index in [0.717, 1.165) is 11.4 Å². The van der Waals surface area contributed by atoms with Gasteiger partial charge in [0, 0.05) is 5.56 Å². The molecule has 4 nitrogen and oxygen atoms in total. The van der Waals surface area contributed by atoms with Crippen LogP contribution < -0.4 is 0 Å². The van der Waals surface area contributed by atoms with Crippen LogP contribution in [0.3, 0.4) is 0 Å². The fourth-order valence-corrected chi connectivity index (χ4v) is 2.63. The zero-order valence-electron chi connectivity index (χ0n) is 12.9. The molecule has 0 spiro atoms. The first-order chi connectivity index (χ1) is 11.1. The molecule has 1 heterocycles. The molecule has 0 radical (unpaired) electrons. The number of carbonyl (C=O) groups excluding carboxylic acids is 1. The van der Waals surface area contributed by atoms with Crippen LogP contribution in [0.2, 0.25) is 0 Å². The van der Waals surface area contributed by atoms with Crippen LogP contribution in [0.1, 0.15) is 32.9 Å². The van der Waals surface area contributed by atoms with Crippen molar-refractivity contribution in [1.82, 2.24) is 9.78 Å². The molecular weight excluding hydrogens is 286 g/mol. The summed E-state index contributed by atoms with van der Waals surface area (Å²) in [6, 6.07) is 18.4. The Kier molecular flexibility index (Phi) is 3.78. The van der Waals surface area contributed by atoms with E-state index in [0.29, 0.717) is 22.4 Å². The van der Waals surface area contributed by atoms with Crippen molar-refractivity contribution in [3.8, 4) is 11.8 Å². The molecule has 3 rings (SSSR count). The summed E-state index contributed by atoms with van der Waals surface area (Å²) in [4.78, 5) is 12.7. The molecule has 0 amide bonds. The smallest absolute Gasteiger partial charge is 0.196 e. The van der Waals surface area contributed by atoms with E-state index in [9.17, 15) is 4.79 Å². The SMILES string of the molecule is Cc1nn(-c2ccc(C#N)cc2)c(C)c1C(=O)c1ccccc1. The van der Waals surface area contributed by atoms with Gasteiger partial charge in [-0.1, -0.05) is 30.3 Å². The van der Waals surface area contributed by atoms with Gasteiger partial charge in [0.2, 0.25) is 0 Å². The third kappa shape index (κ3) is 2.65. The minimum atomic E-state index is -0.0273. The summed E-state index contributed by atoms with van der Waals surface area (Å²) < 4.78 is 1.74. The van der Waals surface area contributed by atoms with Crippen LogP contribution in [-0.4, -0.2) is 15.6 Å². The van der Waals surface area contributed by atoms with Crippen molar-refractivity contribution in [2.75, 3.05) is 0 Å². The van der Waals surface area contributed by atoms with E-state index in [2.05, 4.69) is 11.2 Å². The topological polar surface area (TPSA) is 58.7 Å². The first-order valence-corrected chi connectivity index (χ1v) is 7.28. The number of aromatic nitrogens is 2. The lowest BCUT2D eigenvalue weighted by Crippen LogP contribution is -2.05. The summed E-state index contributed by atoms with van der Waals surface area (Å²) in [5.41, 5.74) is 4.19. The Morgan fingerprint density at radius 2 is 1.70 bits per heavy atom. The number of aryl methyl sites for hydroxylation is 1. The van der Waals surface area contributed by atoms with Crippen LogP contribution in [0.15, 0.2) is 54.6 Å². The van der Waals surface area contributed by atoms with Crippen molar-refractivity contribution in [1.29, 1.82) is 5.26 Å². The minimum absolute atomic E-state index is 0.0273. The molecule has 0 saturated carbocycles. The molecule has 23 heavy (non-hydrogen) atoms. The average Bonchev–Trinajstić information content (AvgIpc) is 2.89. The van der Waals surface area contributed by atoms with E-state index in [1.54, 1.807) is 28.9 Å². The fourth-order valence-electron chi connectivity index (χ4n) is 2.63. The Morgan fingerprint density at radius 3 is 2.30 bits per heavy atom. The third-order valence-electron chi connectivity index (χ3n) is 3.80. The van der Waals surface area contributed by atoms with E-state index in [-0.39, 0.29) is 5.78 Å². The minimum Gasteiger partial charge on any atom is -0.288 e. The predicted octanol–water partition coefficient (Wildman–Crippen LogP) is 3.59. The molecule has 0 N–H and O–H groups in total. The summed E-state index contributed by atoms with van der Waals surface area (Å²) in [5, 5.41) is 13.4. The molecule has 0 bridgehead atoms. The summed E-state index contributed by atoms with van der Waals surface area (Å²) in [7, 11) is 0. The van der Waals surface area contributed by atoms with Gasteiger partial charge in [-0.25, -0.2) is 4.68 Å². The van der Waals surface area contributed by atoms with Crippen LogP contribution in [0.25, 0.3) is 5.69 Å². The molecule has 0 aliphatic rings. The monoisotopic (exact) mass is 301 g/mol. The van der Waals surface area contributed by atoms with E-state index in [1.165, 1.54) is 0 Å². The Hall–Kier alpha value is -3.19. The van der Waals surface area contributed by atoms with E-state index in [1.807, 2.05) is 44.2 Å². The molecule has 0 aliphatic heterocycles. The number of nitrogens with zero attached hydrogens (tertiary/aromatic N) is 3. The van der Waals surface area contributed by atoms with Gasteiger partial charge < -0.3 is 0 Å². The lowest BCUT2D eigenvalue weighted by Gasteiger charge is -2.05. The first-order valence-electron chi connectivity index (χ1n) is 7.28. The summed E-state index contributed by atoms with van der Waals surface area (Å²) in [5.74, 6) is -0.0273. The van der Waals surface area contributed by atoms with E-state index in [4.69, 9.17) is 5.26 Å². The quantitative estimate of drug-likeness (QED) is 0.695. The van der Waals surface area contributed by atoms with Crippen LogP contribution in [0, 0.1) is 25.2 Å². The zero-order valence-corrected chi connectivity index (χ0v) is 12.9. The number of nitriles is 1. The number of hydrogen-bond donors (Lipinski definition) is 0. The maximum Gasteiger partial charge on any atom is 0.196 e. The number of hydrogen-bond acceptors (Lipinski definition) is 3. The summed E-state index contributed by atoms with van der Waals surface area (Å²) >= 11 is 0. The van der Waals surface area contributed by atoms with E-state index < -0.39 is 0 Å². The van der Waals surface area contributed by atoms with Gasteiger partial charge in [-0.2, -0.15) is 10.4 Å². The number of carbonyl (C=O) groups is 1. The second-order valence-electron chi connectivity index (χ2n) is 5.31. The maximum absolute atomic E-state index is 12.7. The van der Waals surface area contributed by atoms with Crippen molar-refractivity contribution in [2.24, 2.45) is 0 Å². The van der Waals surface area contributed by atoms with Gasteiger partial charge in [0.15, 0.2) is 5.78 Å². The van der Waals surface area contributed by atoms with Gasteiger partial charge in [-0.05, 0) is 38.1 Å². The Morgan fingerprint density at radius 1 is 1.04 bits per heavy atom. The largest absolute Gasteiger partial charge is 0.288 e. The highest BCUT2D eigenvalue weighted by Gasteiger charge is 2.20. The van der Waals surface area contributed by atoms with Crippen LogP contribution in [0.4, 0.5) is 0 Å². The van der Waals surface area contributed by atoms with Crippen LogP contribution in [0.5, 0.6) is 0 Å². The van der Waals surface area contributed by atoms with Crippen molar-refractivity contribution < 1.29 is 4.79 Å². The lowest BCUT2D eigenvalue weighted by atomic mass is 10.0. The molecule has 0 atom stereocenters.